The predicted octanol–water partition coefficient (Wildman–Crippen LogP) is 4.17. The van der Waals surface area contributed by atoms with Crippen LogP contribution in [0.5, 0.6) is 0 Å². The maximum atomic E-state index is 12.0. The summed E-state index contributed by atoms with van der Waals surface area (Å²) in [5.41, 5.74) is 0. The highest BCUT2D eigenvalue weighted by atomic mass is 32.5. The summed E-state index contributed by atoms with van der Waals surface area (Å²) in [7, 11) is -9.29. The lowest BCUT2D eigenvalue weighted by molar-refractivity contribution is 0.351. The Hall–Kier alpha value is -0.520. The minimum absolute atomic E-state index is 0.502. The average Bonchev–Trinajstić information content (AvgIpc) is 1.85. The van der Waals surface area contributed by atoms with Gasteiger partial charge in [-0.25, -0.2) is 0 Å². The number of hydrogen-bond donors (Lipinski definition) is 0. The fourth-order valence-electron chi connectivity index (χ4n) is 0.888. The van der Waals surface area contributed by atoms with Crippen molar-refractivity contribution >= 4 is 10.2 Å². The molecule has 1 aliphatic carbocycles. The molecule has 12 heavy (non-hydrogen) atoms. The second-order valence-electron chi connectivity index (χ2n) is 2.62. The van der Waals surface area contributed by atoms with Gasteiger partial charge in [-0.3, -0.25) is 0 Å². The average molecular weight is 206 g/mol. The first-order chi connectivity index (χ1) is 5.09. The first kappa shape index (κ1) is 9.57. The van der Waals surface area contributed by atoms with Crippen LogP contribution in [0.2, 0.25) is 0 Å². The van der Waals surface area contributed by atoms with Crippen molar-refractivity contribution in [1.29, 1.82) is 0 Å². The van der Waals surface area contributed by atoms with E-state index in [4.69, 9.17) is 0 Å². The molecule has 1 aliphatic rings. The molecular weight excluding hydrogens is 199 g/mol. The quantitative estimate of drug-likeness (QED) is 0.565. The summed E-state index contributed by atoms with van der Waals surface area (Å²) >= 11 is 0. The van der Waals surface area contributed by atoms with Gasteiger partial charge >= 0.3 is 0 Å². The van der Waals surface area contributed by atoms with Crippen molar-refractivity contribution in [3.8, 4) is 0 Å². The molecule has 0 saturated heterocycles. The zero-order chi connectivity index (χ0) is 9.52. The maximum Gasteiger partial charge on any atom is 0.291 e. The minimum Gasteiger partial charge on any atom is -0.0972 e. The smallest absolute Gasteiger partial charge is 0.0972 e. The van der Waals surface area contributed by atoms with E-state index in [1.165, 1.54) is 6.08 Å². The van der Waals surface area contributed by atoms with Crippen molar-refractivity contribution in [1.82, 2.24) is 0 Å². The molecule has 0 spiro atoms. The van der Waals surface area contributed by atoms with Crippen molar-refractivity contribution in [3.63, 3.8) is 0 Å². The van der Waals surface area contributed by atoms with Crippen LogP contribution in [0.1, 0.15) is 6.42 Å². The highest BCUT2D eigenvalue weighted by molar-refractivity contribution is 8.46. The Morgan fingerprint density at radius 1 is 1.00 bits per heavy atom. The molecule has 0 aliphatic heterocycles. The van der Waals surface area contributed by atoms with Gasteiger partial charge in [-0.2, -0.15) is 0 Å². The van der Waals surface area contributed by atoms with Crippen LogP contribution in [0.15, 0.2) is 24.3 Å². The molecule has 1 unspecified atom stereocenters. The molecule has 0 amide bonds. The lowest BCUT2D eigenvalue weighted by Gasteiger charge is -2.46. The second kappa shape index (κ2) is 1.86. The van der Waals surface area contributed by atoms with Gasteiger partial charge < -0.3 is 0 Å². The Morgan fingerprint density at radius 2 is 1.58 bits per heavy atom. The van der Waals surface area contributed by atoms with Crippen molar-refractivity contribution in [2.45, 2.75) is 11.7 Å². The Labute approximate surface area is 66.5 Å². The summed E-state index contributed by atoms with van der Waals surface area (Å²) in [5, 5.41) is -2.59. The molecule has 0 heterocycles. The lowest BCUT2D eigenvalue weighted by atomic mass is 10.2. The van der Waals surface area contributed by atoms with Gasteiger partial charge in [-0.05, 0) is 6.42 Å². The van der Waals surface area contributed by atoms with Crippen LogP contribution in [-0.4, -0.2) is 5.25 Å². The van der Waals surface area contributed by atoms with Crippen LogP contribution in [-0.2, 0) is 0 Å². The summed E-state index contributed by atoms with van der Waals surface area (Å²) < 4.78 is 60.1. The largest absolute Gasteiger partial charge is 0.291 e. The molecule has 0 bridgehead atoms. The zero-order valence-corrected chi connectivity index (χ0v) is 6.71. The number of hydrogen-bond acceptors (Lipinski definition) is 0. The summed E-state index contributed by atoms with van der Waals surface area (Å²) in [5.74, 6) is 0. The van der Waals surface area contributed by atoms with Gasteiger partial charge in [0.25, 0.3) is 10.2 Å². The van der Waals surface area contributed by atoms with Gasteiger partial charge in [0, 0.05) is 0 Å². The predicted molar refractivity (Wildman–Crippen MR) is 39.8 cm³/mol. The minimum atomic E-state index is -9.29. The van der Waals surface area contributed by atoms with E-state index in [0.29, 0.717) is 6.08 Å². The molecule has 72 valence electrons. The van der Waals surface area contributed by atoms with E-state index in [9.17, 15) is 19.4 Å². The Balaban J connectivity index is 3.00. The molecular formula is C6H7F5S. The van der Waals surface area contributed by atoms with Crippen LogP contribution in [0.3, 0.4) is 0 Å². The summed E-state index contributed by atoms with van der Waals surface area (Å²) in [4.78, 5) is 0. The number of allylic oxidation sites excluding steroid dienone is 3. The van der Waals surface area contributed by atoms with Gasteiger partial charge in [0.05, 0.1) is 0 Å². The second-order valence-corrected chi connectivity index (χ2v) is 5.28. The molecule has 0 aromatic carbocycles. The SMILES string of the molecule is FS(F)(F)(F)(F)C1C=CC=CC1. The molecule has 6 heteroatoms. The fourth-order valence-corrected chi connectivity index (χ4v) is 1.75. The number of rotatable bonds is 1. The highest BCUT2D eigenvalue weighted by Gasteiger charge is 2.68. The van der Waals surface area contributed by atoms with E-state index in [1.807, 2.05) is 0 Å². The summed E-state index contributed by atoms with van der Waals surface area (Å²) in [6, 6.07) is 0. The molecule has 0 aromatic heterocycles. The van der Waals surface area contributed by atoms with E-state index in [0.717, 1.165) is 12.2 Å². The first-order valence-electron chi connectivity index (χ1n) is 3.16. The Kier molecular flexibility index (Phi) is 1.49. The standard InChI is InChI=1S/C6H7F5S/c7-12(8,9,10,11)6-4-2-1-3-5-6/h1-4,6H,5H2. The lowest BCUT2D eigenvalue weighted by Crippen LogP contribution is -2.23. The summed E-state index contributed by atoms with van der Waals surface area (Å²) in [6.45, 7) is 0. The van der Waals surface area contributed by atoms with Crippen LogP contribution >= 0.6 is 10.2 Å². The first-order valence-corrected chi connectivity index (χ1v) is 5.17. The van der Waals surface area contributed by atoms with E-state index in [2.05, 4.69) is 0 Å². The van der Waals surface area contributed by atoms with E-state index in [-0.39, 0.29) is 0 Å². The van der Waals surface area contributed by atoms with Gasteiger partial charge in [0.2, 0.25) is 0 Å². The van der Waals surface area contributed by atoms with Gasteiger partial charge in [0.1, 0.15) is 5.25 Å². The van der Waals surface area contributed by atoms with E-state index >= 15 is 0 Å². The highest BCUT2D eigenvalue weighted by Crippen LogP contribution is 3.00. The fraction of sp³-hybridized carbons (Fsp3) is 0.333. The van der Waals surface area contributed by atoms with Crippen molar-refractivity contribution in [2.24, 2.45) is 0 Å². The third-order valence-corrected chi connectivity index (χ3v) is 3.01. The topological polar surface area (TPSA) is 0 Å². The van der Waals surface area contributed by atoms with E-state index < -0.39 is 21.9 Å². The monoisotopic (exact) mass is 206 g/mol. The third kappa shape index (κ3) is 2.23. The molecule has 0 radical (unpaired) electrons. The van der Waals surface area contributed by atoms with Crippen molar-refractivity contribution < 1.29 is 19.4 Å². The van der Waals surface area contributed by atoms with Gasteiger partial charge in [-0.1, -0.05) is 43.7 Å². The molecule has 0 fully saturated rings. The molecule has 1 atom stereocenters. The molecule has 0 nitrogen and oxygen atoms in total. The third-order valence-electron chi connectivity index (χ3n) is 1.51. The van der Waals surface area contributed by atoms with Crippen LogP contribution in [0.4, 0.5) is 19.4 Å². The molecule has 0 aromatic rings. The molecule has 0 saturated carbocycles. The maximum absolute atomic E-state index is 12.0. The van der Waals surface area contributed by atoms with Crippen LogP contribution < -0.4 is 0 Å². The van der Waals surface area contributed by atoms with Crippen molar-refractivity contribution in [2.75, 3.05) is 0 Å². The van der Waals surface area contributed by atoms with E-state index in [1.54, 1.807) is 0 Å². The summed E-state index contributed by atoms with van der Waals surface area (Å²) in [6.07, 6.45) is 3.24. The number of halogens is 5. The van der Waals surface area contributed by atoms with Crippen LogP contribution in [0.25, 0.3) is 0 Å². The van der Waals surface area contributed by atoms with Gasteiger partial charge in [-0.15, -0.1) is 0 Å². The van der Waals surface area contributed by atoms with Gasteiger partial charge in [0.15, 0.2) is 0 Å². The molecule has 1 rings (SSSR count). The van der Waals surface area contributed by atoms with Crippen molar-refractivity contribution in [3.05, 3.63) is 24.3 Å². The Bertz CT molecular complexity index is 245. The zero-order valence-electron chi connectivity index (χ0n) is 5.89. The normalized spacial score (nSPS) is 29.6. The Morgan fingerprint density at radius 3 is 1.83 bits per heavy atom. The molecule has 0 N–H and O–H groups in total. The van der Waals surface area contributed by atoms with Crippen LogP contribution in [0, 0.1) is 0 Å².